The molecule has 1 heterocycles. The van der Waals surface area contributed by atoms with Crippen LogP contribution in [0.3, 0.4) is 0 Å². The number of nitrogens with zero attached hydrogens (tertiary/aromatic N) is 1. The van der Waals surface area contributed by atoms with E-state index in [0.717, 1.165) is 19.3 Å². The lowest BCUT2D eigenvalue weighted by Crippen LogP contribution is -2.35. The maximum absolute atomic E-state index is 12.7. The van der Waals surface area contributed by atoms with Gasteiger partial charge < -0.3 is 9.47 Å². The highest BCUT2D eigenvalue weighted by molar-refractivity contribution is 7.89. The SMILES string of the molecule is COC(=O)C(OC(=O)c1ccc(S(=O)(=O)N2CCCCC2)cc1)c1ccccc1. The molecule has 0 aromatic heterocycles. The summed E-state index contributed by atoms with van der Waals surface area (Å²) < 4.78 is 37.0. The average Bonchev–Trinajstić information content (AvgIpc) is 2.78. The first kappa shape index (κ1) is 21.0. The summed E-state index contributed by atoms with van der Waals surface area (Å²) in [6, 6.07) is 14.1. The molecule has 0 spiro atoms. The maximum atomic E-state index is 12.7. The quantitative estimate of drug-likeness (QED) is 0.672. The number of hydrogen-bond donors (Lipinski definition) is 0. The average molecular weight is 417 g/mol. The molecule has 2 aromatic rings. The number of carbonyl (C=O) groups excluding carboxylic acids is 2. The Hall–Kier alpha value is -2.71. The van der Waals surface area contributed by atoms with Crippen molar-refractivity contribution in [3.05, 3.63) is 65.7 Å². The summed E-state index contributed by atoms with van der Waals surface area (Å²) in [4.78, 5) is 24.7. The van der Waals surface area contributed by atoms with Crippen molar-refractivity contribution < 1.29 is 27.5 Å². The van der Waals surface area contributed by atoms with Gasteiger partial charge in [-0.15, -0.1) is 0 Å². The third kappa shape index (κ3) is 4.83. The number of ether oxygens (including phenoxy) is 2. The summed E-state index contributed by atoms with van der Waals surface area (Å²) in [5, 5.41) is 0. The standard InChI is InChI=1S/C21H23NO6S/c1-27-21(24)19(16-8-4-2-5-9-16)28-20(23)17-10-12-18(13-11-17)29(25,26)22-14-6-3-7-15-22/h2,4-5,8-13,19H,3,6-7,14-15H2,1H3. The molecule has 0 aliphatic carbocycles. The molecule has 1 saturated heterocycles. The molecule has 1 unspecified atom stereocenters. The molecule has 154 valence electrons. The van der Waals surface area contributed by atoms with Crippen LogP contribution in [0.5, 0.6) is 0 Å². The minimum atomic E-state index is -3.58. The van der Waals surface area contributed by atoms with Crippen LogP contribution < -0.4 is 0 Å². The van der Waals surface area contributed by atoms with Crippen LogP contribution >= 0.6 is 0 Å². The van der Waals surface area contributed by atoms with E-state index in [4.69, 9.17) is 9.47 Å². The Bertz CT molecular complexity index is 950. The first-order valence-corrected chi connectivity index (χ1v) is 10.8. The Morgan fingerprint density at radius 3 is 2.14 bits per heavy atom. The lowest BCUT2D eigenvalue weighted by molar-refractivity contribution is -0.151. The molecule has 8 heteroatoms. The zero-order chi connectivity index (χ0) is 20.9. The summed E-state index contributed by atoms with van der Waals surface area (Å²) in [5.74, 6) is -1.44. The van der Waals surface area contributed by atoms with Crippen molar-refractivity contribution in [3.8, 4) is 0 Å². The number of piperidine rings is 1. The largest absolute Gasteiger partial charge is 0.466 e. The molecule has 1 aliphatic rings. The Morgan fingerprint density at radius 2 is 1.55 bits per heavy atom. The zero-order valence-corrected chi connectivity index (χ0v) is 16.9. The van der Waals surface area contributed by atoms with Gasteiger partial charge in [0.05, 0.1) is 17.6 Å². The van der Waals surface area contributed by atoms with Crippen molar-refractivity contribution in [2.45, 2.75) is 30.3 Å². The highest BCUT2D eigenvalue weighted by Crippen LogP contribution is 2.23. The van der Waals surface area contributed by atoms with Gasteiger partial charge in [-0.1, -0.05) is 36.8 Å². The van der Waals surface area contributed by atoms with E-state index in [-0.39, 0.29) is 10.5 Å². The second-order valence-corrected chi connectivity index (χ2v) is 8.65. The summed E-state index contributed by atoms with van der Waals surface area (Å²) in [5.41, 5.74) is 0.629. The lowest BCUT2D eigenvalue weighted by atomic mass is 10.1. The second kappa shape index (κ2) is 9.19. The monoisotopic (exact) mass is 417 g/mol. The number of rotatable bonds is 6. The summed E-state index contributed by atoms with van der Waals surface area (Å²) in [7, 11) is -2.37. The predicted octanol–water partition coefficient (Wildman–Crippen LogP) is 2.93. The van der Waals surface area contributed by atoms with E-state index in [1.165, 1.54) is 35.7 Å². The molecule has 2 aromatic carbocycles. The fourth-order valence-electron chi connectivity index (χ4n) is 3.18. The summed E-state index contributed by atoms with van der Waals surface area (Å²) >= 11 is 0. The van der Waals surface area contributed by atoms with Crippen LogP contribution in [0.2, 0.25) is 0 Å². The number of carbonyl (C=O) groups is 2. The van der Waals surface area contributed by atoms with Crippen LogP contribution in [0.15, 0.2) is 59.5 Å². The molecule has 7 nitrogen and oxygen atoms in total. The molecule has 0 amide bonds. The molecule has 3 rings (SSSR count). The smallest absolute Gasteiger partial charge is 0.351 e. The number of methoxy groups -OCH3 is 1. The first-order valence-electron chi connectivity index (χ1n) is 9.37. The van der Waals surface area contributed by atoms with Crippen molar-refractivity contribution in [1.82, 2.24) is 4.31 Å². The van der Waals surface area contributed by atoms with Crippen molar-refractivity contribution in [2.75, 3.05) is 20.2 Å². The van der Waals surface area contributed by atoms with Crippen LogP contribution in [-0.4, -0.2) is 44.9 Å². The molecule has 0 radical (unpaired) electrons. The topological polar surface area (TPSA) is 90.0 Å². The Kier molecular flexibility index (Phi) is 6.66. The van der Waals surface area contributed by atoms with Crippen molar-refractivity contribution >= 4 is 22.0 Å². The Labute approximate surface area is 170 Å². The number of hydrogen-bond acceptors (Lipinski definition) is 6. The van der Waals surface area contributed by atoms with Gasteiger partial charge in [-0.25, -0.2) is 18.0 Å². The van der Waals surface area contributed by atoms with Crippen LogP contribution in [0, 0.1) is 0 Å². The highest BCUT2D eigenvalue weighted by atomic mass is 32.2. The van der Waals surface area contributed by atoms with Gasteiger partial charge in [0.25, 0.3) is 0 Å². The lowest BCUT2D eigenvalue weighted by Gasteiger charge is -2.25. The van der Waals surface area contributed by atoms with Crippen LogP contribution in [-0.2, 0) is 24.3 Å². The molecule has 29 heavy (non-hydrogen) atoms. The first-order chi connectivity index (χ1) is 13.9. The maximum Gasteiger partial charge on any atom is 0.351 e. The van der Waals surface area contributed by atoms with Gasteiger partial charge >= 0.3 is 11.9 Å². The van der Waals surface area contributed by atoms with Crippen LogP contribution in [0.1, 0.15) is 41.3 Å². The van der Waals surface area contributed by atoms with Gasteiger partial charge in [0.1, 0.15) is 0 Å². The highest BCUT2D eigenvalue weighted by Gasteiger charge is 2.28. The van der Waals surface area contributed by atoms with Gasteiger partial charge in [0.15, 0.2) is 0 Å². The van der Waals surface area contributed by atoms with E-state index in [0.29, 0.717) is 18.7 Å². The van der Waals surface area contributed by atoms with E-state index in [9.17, 15) is 18.0 Å². The molecule has 1 aliphatic heterocycles. The number of benzene rings is 2. The summed E-state index contributed by atoms with van der Waals surface area (Å²) in [6.07, 6.45) is 1.51. The third-order valence-corrected chi connectivity index (χ3v) is 6.70. The van der Waals surface area contributed by atoms with E-state index in [1.807, 2.05) is 0 Å². The van der Waals surface area contributed by atoms with Crippen molar-refractivity contribution in [1.29, 1.82) is 0 Å². The number of sulfonamides is 1. The molecule has 1 atom stereocenters. The van der Waals surface area contributed by atoms with E-state index >= 15 is 0 Å². The Balaban J connectivity index is 1.76. The fourth-order valence-corrected chi connectivity index (χ4v) is 4.70. The molecule has 0 N–H and O–H groups in total. The molecule has 0 bridgehead atoms. The van der Waals surface area contributed by atoms with Gasteiger partial charge in [-0.05, 0) is 37.1 Å². The van der Waals surface area contributed by atoms with Crippen LogP contribution in [0.25, 0.3) is 0 Å². The van der Waals surface area contributed by atoms with Gasteiger partial charge in [-0.2, -0.15) is 4.31 Å². The molecular weight excluding hydrogens is 394 g/mol. The summed E-state index contributed by atoms with van der Waals surface area (Å²) in [6.45, 7) is 1.01. The van der Waals surface area contributed by atoms with E-state index < -0.39 is 28.1 Å². The van der Waals surface area contributed by atoms with Gasteiger partial charge in [0.2, 0.25) is 16.1 Å². The van der Waals surface area contributed by atoms with E-state index in [1.54, 1.807) is 30.3 Å². The van der Waals surface area contributed by atoms with Gasteiger partial charge in [0, 0.05) is 18.7 Å². The minimum absolute atomic E-state index is 0.128. The zero-order valence-electron chi connectivity index (χ0n) is 16.1. The van der Waals surface area contributed by atoms with E-state index in [2.05, 4.69) is 0 Å². The second-order valence-electron chi connectivity index (χ2n) is 6.71. The third-order valence-electron chi connectivity index (χ3n) is 4.79. The molecule has 0 saturated carbocycles. The molecular formula is C21H23NO6S. The van der Waals surface area contributed by atoms with Gasteiger partial charge in [-0.3, -0.25) is 0 Å². The normalized spacial score (nSPS) is 16.0. The minimum Gasteiger partial charge on any atom is -0.466 e. The Morgan fingerprint density at radius 1 is 0.931 bits per heavy atom. The van der Waals surface area contributed by atoms with Crippen molar-refractivity contribution in [3.63, 3.8) is 0 Å². The molecule has 1 fully saturated rings. The van der Waals surface area contributed by atoms with Crippen LogP contribution in [0.4, 0.5) is 0 Å². The van der Waals surface area contributed by atoms with Crippen molar-refractivity contribution in [2.24, 2.45) is 0 Å². The predicted molar refractivity (Wildman–Crippen MR) is 106 cm³/mol. The number of esters is 2. The fraction of sp³-hybridized carbons (Fsp3) is 0.333.